The van der Waals surface area contributed by atoms with Crippen LogP contribution in [-0.4, -0.2) is 65.8 Å². The van der Waals surface area contributed by atoms with Crippen molar-refractivity contribution in [1.29, 1.82) is 5.26 Å². The van der Waals surface area contributed by atoms with Gasteiger partial charge < -0.3 is 15.3 Å². The summed E-state index contributed by atoms with van der Waals surface area (Å²) in [6.07, 6.45) is -1.27. The number of anilines is 1. The zero-order valence-corrected chi connectivity index (χ0v) is 25.9. The Balaban J connectivity index is 1.60. The number of halogens is 3. The molecule has 3 aromatic rings. The quantitative estimate of drug-likeness (QED) is 0.368. The summed E-state index contributed by atoms with van der Waals surface area (Å²) >= 11 is 0. The number of carbonyl (C=O) groups excluding carboxylic acids is 1. The average molecular weight is 644 g/mol. The zero-order chi connectivity index (χ0) is 32.5. The summed E-state index contributed by atoms with van der Waals surface area (Å²) in [5.41, 5.74) is 3.01. The largest absolute Gasteiger partial charge is 0.390 e. The van der Waals surface area contributed by atoms with Crippen molar-refractivity contribution in [3.63, 3.8) is 0 Å². The third-order valence-electron chi connectivity index (χ3n) is 8.71. The van der Waals surface area contributed by atoms with Gasteiger partial charge in [0.25, 0.3) is 0 Å². The molecule has 1 saturated carbocycles. The van der Waals surface area contributed by atoms with Gasteiger partial charge in [0.15, 0.2) is 9.84 Å². The van der Waals surface area contributed by atoms with E-state index in [9.17, 15) is 36.8 Å². The number of nitrogens with one attached hydrogen (secondary N) is 1. The first-order valence-corrected chi connectivity index (χ1v) is 16.8. The Morgan fingerprint density at radius 3 is 2.31 bits per heavy atom. The molecule has 2 N–H and O–H groups in total. The molecule has 0 radical (unpaired) electrons. The van der Waals surface area contributed by atoms with Crippen LogP contribution in [0.4, 0.5) is 18.9 Å². The summed E-state index contributed by atoms with van der Waals surface area (Å²) in [4.78, 5) is 15.5. The lowest BCUT2D eigenvalue weighted by Gasteiger charge is -2.35. The lowest BCUT2D eigenvalue weighted by molar-refractivity contribution is -0.134. The number of rotatable bonds is 8. The van der Waals surface area contributed by atoms with Crippen LogP contribution in [0, 0.1) is 29.0 Å². The number of sulfone groups is 1. The Hall–Kier alpha value is -3.89. The first-order chi connectivity index (χ1) is 21.3. The van der Waals surface area contributed by atoms with Crippen molar-refractivity contribution in [3.8, 4) is 22.9 Å². The molecular weight excluding hydrogens is 607 g/mol. The molecule has 2 aromatic carbocycles. The molecule has 1 aromatic heterocycles. The predicted molar refractivity (Wildman–Crippen MR) is 163 cm³/mol. The first-order valence-electron chi connectivity index (χ1n) is 14.9. The highest BCUT2D eigenvalue weighted by Crippen LogP contribution is 2.48. The zero-order valence-electron chi connectivity index (χ0n) is 25.1. The Kier molecular flexibility index (Phi) is 9.28. The number of benzene rings is 2. The normalized spacial score (nSPS) is 21.7. The minimum Gasteiger partial charge on any atom is -0.390 e. The summed E-state index contributed by atoms with van der Waals surface area (Å²) in [6, 6.07) is 13.9. The van der Waals surface area contributed by atoms with Crippen LogP contribution in [0.15, 0.2) is 48.5 Å². The van der Waals surface area contributed by atoms with Crippen molar-refractivity contribution in [1.82, 2.24) is 15.1 Å². The van der Waals surface area contributed by atoms with Crippen molar-refractivity contribution in [2.75, 3.05) is 29.5 Å². The van der Waals surface area contributed by atoms with E-state index in [1.54, 1.807) is 26.0 Å². The van der Waals surface area contributed by atoms with Crippen LogP contribution in [0.2, 0.25) is 0 Å². The number of nitrogens with zero attached hydrogens (tertiary/aromatic N) is 4. The number of aliphatic hydroxyl groups is 1. The molecule has 3 unspecified atom stereocenters. The highest BCUT2D eigenvalue weighted by atomic mass is 32.2. The summed E-state index contributed by atoms with van der Waals surface area (Å²) in [7, 11) is -3.07. The maximum absolute atomic E-state index is 14.8. The smallest absolute Gasteiger partial charge is 0.249 e. The van der Waals surface area contributed by atoms with Crippen LogP contribution in [0.1, 0.15) is 50.4 Å². The summed E-state index contributed by atoms with van der Waals surface area (Å²) in [5.74, 6) is -6.35. The van der Waals surface area contributed by atoms with E-state index in [1.807, 2.05) is 23.1 Å². The van der Waals surface area contributed by atoms with Crippen molar-refractivity contribution in [2.24, 2.45) is 11.8 Å². The van der Waals surface area contributed by atoms with Gasteiger partial charge in [-0.15, -0.1) is 0 Å². The van der Waals surface area contributed by atoms with E-state index in [0.29, 0.717) is 41.3 Å². The van der Waals surface area contributed by atoms with Gasteiger partial charge in [-0.25, -0.2) is 26.3 Å². The summed E-state index contributed by atoms with van der Waals surface area (Å²) in [6.45, 7) is 3.72. The summed E-state index contributed by atoms with van der Waals surface area (Å²) in [5, 5.41) is 27.6. The standard InChI is InChI=1S/C32H36F3N5O4S/c1-20(2)27(18-36)37-31(42)26-17-32(34,35)12-11-25(26)30-29(28(19-41)40(38-30)24-9-5-22(33)6-10-24)21-3-7-23(8-4-21)39-13-15-45(43,44)16-14-39/h3-10,20,25-27,41H,11-17,19H2,1-2H3,(H,37,42). The molecule has 9 nitrogen and oxygen atoms in total. The van der Waals surface area contributed by atoms with Crippen LogP contribution in [-0.2, 0) is 21.2 Å². The second kappa shape index (κ2) is 12.8. The minimum atomic E-state index is -3.10. The SMILES string of the molecule is CC(C)C(C#N)NC(=O)C1CC(F)(F)CCC1c1nn(-c2ccc(F)cc2)c(CO)c1-c1ccc(N2CCS(=O)(=O)CC2)cc1. The molecular formula is C32H36F3N5O4S. The number of alkyl halides is 2. The maximum Gasteiger partial charge on any atom is 0.249 e. The Morgan fingerprint density at radius 1 is 1.11 bits per heavy atom. The number of hydrogen-bond acceptors (Lipinski definition) is 7. The third-order valence-corrected chi connectivity index (χ3v) is 10.3. The van der Waals surface area contributed by atoms with E-state index in [1.165, 1.54) is 28.9 Å². The number of amides is 1. The highest BCUT2D eigenvalue weighted by molar-refractivity contribution is 7.91. The number of nitriles is 1. The number of carbonyl (C=O) groups is 1. The molecule has 1 aliphatic carbocycles. The fraction of sp³-hybridized carbons (Fsp3) is 0.469. The molecule has 5 rings (SSSR count). The molecule has 0 bridgehead atoms. The molecule has 2 aliphatic rings. The van der Waals surface area contributed by atoms with Gasteiger partial charge in [-0.1, -0.05) is 26.0 Å². The van der Waals surface area contributed by atoms with Crippen LogP contribution in [0.3, 0.4) is 0 Å². The fourth-order valence-electron chi connectivity index (χ4n) is 6.14. The van der Waals surface area contributed by atoms with Gasteiger partial charge >= 0.3 is 0 Å². The predicted octanol–water partition coefficient (Wildman–Crippen LogP) is 4.59. The minimum absolute atomic E-state index is 0.0528. The van der Waals surface area contributed by atoms with E-state index in [-0.39, 0.29) is 23.8 Å². The van der Waals surface area contributed by atoms with Crippen molar-refractivity contribution in [2.45, 2.75) is 57.6 Å². The Labute approximate surface area is 260 Å². The van der Waals surface area contributed by atoms with Crippen LogP contribution < -0.4 is 10.2 Å². The van der Waals surface area contributed by atoms with Gasteiger partial charge in [-0.05, 0) is 54.3 Å². The molecule has 1 amide bonds. The highest BCUT2D eigenvalue weighted by Gasteiger charge is 2.47. The van der Waals surface area contributed by atoms with Crippen LogP contribution in [0.5, 0.6) is 0 Å². The molecule has 240 valence electrons. The van der Waals surface area contributed by atoms with Crippen molar-refractivity contribution >= 4 is 21.4 Å². The molecule has 2 heterocycles. The van der Waals surface area contributed by atoms with Gasteiger partial charge in [0.2, 0.25) is 11.8 Å². The second-order valence-corrected chi connectivity index (χ2v) is 14.4. The van der Waals surface area contributed by atoms with E-state index >= 15 is 0 Å². The van der Waals surface area contributed by atoms with Gasteiger partial charge in [-0.2, -0.15) is 10.4 Å². The van der Waals surface area contributed by atoms with Crippen molar-refractivity contribution in [3.05, 3.63) is 65.7 Å². The van der Waals surface area contributed by atoms with Gasteiger partial charge in [-0.3, -0.25) is 4.79 Å². The molecule has 1 aliphatic heterocycles. The number of hydrogen-bond donors (Lipinski definition) is 2. The molecule has 0 spiro atoms. The molecule has 3 atom stereocenters. The molecule has 1 saturated heterocycles. The first kappa shape index (κ1) is 32.5. The monoisotopic (exact) mass is 643 g/mol. The Bertz CT molecular complexity index is 1670. The van der Waals surface area contributed by atoms with Gasteiger partial charge in [0, 0.05) is 43.1 Å². The molecule has 45 heavy (non-hydrogen) atoms. The number of aromatic nitrogens is 2. The van der Waals surface area contributed by atoms with E-state index in [0.717, 1.165) is 5.69 Å². The summed E-state index contributed by atoms with van der Waals surface area (Å²) < 4.78 is 68.8. The van der Waals surface area contributed by atoms with Gasteiger partial charge in [0.1, 0.15) is 11.9 Å². The van der Waals surface area contributed by atoms with Crippen molar-refractivity contribution < 1.29 is 31.5 Å². The fourth-order valence-corrected chi connectivity index (χ4v) is 7.34. The second-order valence-electron chi connectivity index (χ2n) is 12.1. The average Bonchev–Trinajstić information content (AvgIpc) is 3.39. The van der Waals surface area contributed by atoms with E-state index in [4.69, 9.17) is 5.10 Å². The lowest BCUT2D eigenvalue weighted by atomic mass is 9.73. The third kappa shape index (κ3) is 7.02. The molecule has 2 fully saturated rings. The molecule has 13 heteroatoms. The van der Waals surface area contributed by atoms with Crippen LogP contribution >= 0.6 is 0 Å². The van der Waals surface area contributed by atoms with Crippen LogP contribution in [0.25, 0.3) is 16.8 Å². The van der Waals surface area contributed by atoms with Gasteiger partial charge in [0.05, 0.1) is 47.2 Å². The topological polar surface area (TPSA) is 128 Å². The maximum atomic E-state index is 14.8. The van der Waals surface area contributed by atoms with E-state index in [2.05, 4.69) is 5.32 Å². The number of aliphatic hydroxyl groups excluding tert-OH is 1. The Morgan fingerprint density at radius 2 is 1.73 bits per heavy atom. The lowest BCUT2D eigenvalue weighted by Crippen LogP contribution is -2.46. The van der Waals surface area contributed by atoms with E-state index < -0.39 is 64.8 Å².